The normalized spacial score (nSPS) is 10.7. The molecule has 1 aromatic heterocycles. The van der Waals surface area contributed by atoms with Gasteiger partial charge in [-0.25, -0.2) is 9.07 Å². The number of benzene rings is 2. The summed E-state index contributed by atoms with van der Waals surface area (Å²) < 4.78 is 15.1. The molecule has 0 saturated carbocycles. The van der Waals surface area contributed by atoms with Gasteiger partial charge in [0, 0.05) is 18.3 Å². The summed E-state index contributed by atoms with van der Waals surface area (Å²) in [5.41, 5.74) is 3.61. The second kappa shape index (κ2) is 6.62. The Balaban J connectivity index is 1.73. The Hall–Kier alpha value is -2.66. The van der Waals surface area contributed by atoms with Crippen LogP contribution < -0.4 is 5.32 Å². The van der Waals surface area contributed by atoms with Crippen LogP contribution in [0.15, 0.2) is 54.6 Å². The number of aromatic nitrogens is 2. The van der Waals surface area contributed by atoms with Crippen molar-refractivity contribution in [2.75, 3.05) is 5.32 Å². The number of hydrogen-bond acceptors (Lipinski definition) is 3. The van der Waals surface area contributed by atoms with E-state index in [1.54, 1.807) is 10.7 Å². The molecular formula is C18H18FN3O. The van der Waals surface area contributed by atoms with Gasteiger partial charge in [-0.15, -0.1) is 0 Å². The molecule has 0 aliphatic rings. The fraction of sp³-hybridized carbons (Fsp3) is 0.167. The number of nitrogens with zero attached hydrogens (tertiary/aromatic N) is 2. The minimum Gasteiger partial charge on any atom is -0.392 e. The summed E-state index contributed by atoms with van der Waals surface area (Å²) in [7, 11) is 0. The Morgan fingerprint density at radius 3 is 2.52 bits per heavy atom. The maximum Gasteiger partial charge on any atom is 0.148 e. The SMILES string of the molecule is Cc1cc(NCc2ccc(CO)cc2)nn1-c1cccc(F)c1. The molecule has 0 atom stereocenters. The summed E-state index contributed by atoms with van der Waals surface area (Å²) >= 11 is 0. The third kappa shape index (κ3) is 3.57. The van der Waals surface area contributed by atoms with E-state index >= 15 is 0 Å². The zero-order chi connectivity index (χ0) is 16.2. The average molecular weight is 311 g/mol. The maximum atomic E-state index is 13.3. The molecule has 0 aliphatic carbocycles. The molecule has 1 heterocycles. The van der Waals surface area contributed by atoms with Crippen molar-refractivity contribution in [2.24, 2.45) is 0 Å². The van der Waals surface area contributed by atoms with E-state index in [-0.39, 0.29) is 12.4 Å². The van der Waals surface area contributed by atoms with Crippen LogP contribution in [0.3, 0.4) is 0 Å². The molecule has 0 aliphatic heterocycles. The lowest BCUT2D eigenvalue weighted by Gasteiger charge is -2.05. The number of nitrogens with one attached hydrogen (secondary N) is 1. The van der Waals surface area contributed by atoms with Gasteiger partial charge in [-0.05, 0) is 36.2 Å². The monoisotopic (exact) mass is 311 g/mol. The zero-order valence-electron chi connectivity index (χ0n) is 12.8. The molecule has 23 heavy (non-hydrogen) atoms. The Labute approximate surface area is 134 Å². The molecule has 118 valence electrons. The van der Waals surface area contributed by atoms with E-state index in [9.17, 15) is 4.39 Å². The topological polar surface area (TPSA) is 50.1 Å². The van der Waals surface area contributed by atoms with Gasteiger partial charge in [-0.1, -0.05) is 30.3 Å². The summed E-state index contributed by atoms with van der Waals surface area (Å²) in [6.07, 6.45) is 0. The minimum atomic E-state index is -0.282. The smallest absolute Gasteiger partial charge is 0.148 e. The molecule has 0 spiro atoms. The van der Waals surface area contributed by atoms with Gasteiger partial charge in [0.15, 0.2) is 0 Å². The first-order valence-corrected chi connectivity index (χ1v) is 7.41. The molecule has 0 fully saturated rings. The molecule has 0 saturated heterocycles. The van der Waals surface area contributed by atoms with Gasteiger partial charge in [-0.2, -0.15) is 5.10 Å². The first-order chi connectivity index (χ1) is 11.2. The number of hydrogen-bond donors (Lipinski definition) is 2. The fourth-order valence-corrected chi connectivity index (χ4v) is 2.39. The molecule has 3 aromatic rings. The van der Waals surface area contributed by atoms with Gasteiger partial charge in [-0.3, -0.25) is 0 Å². The third-order valence-corrected chi connectivity index (χ3v) is 3.62. The molecule has 4 nitrogen and oxygen atoms in total. The lowest BCUT2D eigenvalue weighted by molar-refractivity contribution is 0.282. The van der Waals surface area contributed by atoms with E-state index in [0.717, 1.165) is 22.6 Å². The third-order valence-electron chi connectivity index (χ3n) is 3.62. The van der Waals surface area contributed by atoms with Crippen molar-refractivity contribution in [1.29, 1.82) is 0 Å². The van der Waals surface area contributed by atoms with Crippen molar-refractivity contribution in [3.05, 3.63) is 77.2 Å². The maximum absolute atomic E-state index is 13.3. The van der Waals surface area contributed by atoms with Crippen molar-refractivity contribution in [1.82, 2.24) is 9.78 Å². The van der Waals surface area contributed by atoms with Crippen molar-refractivity contribution >= 4 is 5.82 Å². The lowest BCUT2D eigenvalue weighted by Crippen LogP contribution is -2.02. The quantitative estimate of drug-likeness (QED) is 0.759. The van der Waals surface area contributed by atoms with Crippen LogP contribution in [0, 0.1) is 12.7 Å². The van der Waals surface area contributed by atoms with Crippen LogP contribution in [0.2, 0.25) is 0 Å². The van der Waals surface area contributed by atoms with Gasteiger partial charge >= 0.3 is 0 Å². The van der Waals surface area contributed by atoms with E-state index in [0.29, 0.717) is 12.2 Å². The second-order valence-corrected chi connectivity index (χ2v) is 5.39. The van der Waals surface area contributed by atoms with Crippen molar-refractivity contribution < 1.29 is 9.50 Å². The average Bonchev–Trinajstić information content (AvgIpc) is 2.94. The van der Waals surface area contributed by atoms with Gasteiger partial charge in [0.05, 0.1) is 12.3 Å². The Bertz CT molecular complexity index is 796. The number of aliphatic hydroxyl groups is 1. The van der Waals surface area contributed by atoms with Crippen LogP contribution in [-0.2, 0) is 13.2 Å². The minimum absolute atomic E-state index is 0.0466. The standard InChI is InChI=1S/C18H18FN3O/c1-13-9-18(20-11-14-5-7-15(12-23)8-6-14)21-22(13)17-4-2-3-16(19)10-17/h2-10,23H,11-12H2,1H3,(H,20,21). The van der Waals surface area contributed by atoms with Gasteiger partial charge < -0.3 is 10.4 Å². The van der Waals surface area contributed by atoms with Crippen LogP contribution in [-0.4, -0.2) is 14.9 Å². The van der Waals surface area contributed by atoms with Crippen LogP contribution in [0.25, 0.3) is 5.69 Å². The van der Waals surface area contributed by atoms with E-state index < -0.39 is 0 Å². The summed E-state index contributed by atoms with van der Waals surface area (Å²) in [6.45, 7) is 2.61. The zero-order valence-corrected chi connectivity index (χ0v) is 12.8. The van der Waals surface area contributed by atoms with Crippen molar-refractivity contribution in [3.63, 3.8) is 0 Å². The molecule has 5 heteroatoms. The Morgan fingerprint density at radius 2 is 1.83 bits per heavy atom. The molecule has 0 bridgehead atoms. The second-order valence-electron chi connectivity index (χ2n) is 5.39. The van der Waals surface area contributed by atoms with Crippen molar-refractivity contribution in [3.8, 4) is 5.69 Å². The highest BCUT2D eigenvalue weighted by Crippen LogP contribution is 2.16. The Morgan fingerprint density at radius 1 is 1.09 bits per heavy atom. The molecule has 0 amide bonds. The highest BCUT2D eigenvalue weighted by Gasteiger charge is 2.07. The number of rotatable bonds is 5. The molecule has 2 aromatic carbocycles. The van der Waals surface area contributed by atoms with Crippen LogP contribution in [0.4, 0.5) is 10.2 Å². The first-order valence-electron chi connectivity index (χ1n) is 7.41. The van der Waals surface area contributed by atoms with Gasteiger partial charge in [0.25, 0.3) is 0 Å². The number of aryl methyl sites for hydroxylation is 1. The molecule has 3 rings (SSSR count). The van der Waals surface area contributed by atoms with Crippen molar-refractivity contribution in [2.45, 2.75) is 20.1 Å². The molecule has 2 N–H and O–H groups in total. The fourth-order valence-electron chi connectivity index (χ4n) is 2.39. The van der Waals surface area contributed by atoms with E-state index in [1.807, 2.05) is 43.3 Å². The summed E-state index contributed by atoms with van der Waals surface area (Å²) in [5.74, 6) is 0.453. The van der Waals surface area contributed by atoms with E-state index in [4.69, 9.17) is 5.11 Å². The van der Waals surface area contributed by atoms with E-state index in [2.05, 4.69) is 10.4 Å². The van der Waals surface area contributed by atoms with Crippen LogP contribution in [0.1, 0.15) is 16.8 Å². The van der Waals surface area contributed by atoms with Crippen LogP contribution >= 0.6 is 0 Å². The molecular weight excluding hydrogens is 293 g/mol. The summed E-state index contributed by atoms with van der Waals surface area (Å²) in [5, 5.41) is 16.8. The summed E-state index contributed by atoms with van der Waals surface area (Å²) in [4.78, 5) is 0. The van der Waals surface area contributed by atoms with E-state index in [1.165, 1.54) is 12.1 Å². The predicted molar refractivity (Wildman–Crippen MR) is 88.0 cm³/mol. The largest absolute Gasteiger partial charge is 0.392 e. The Kier molecular flexibility index (Phi) is 4.39. The number of anilines is 1. The highest BCUT2D eigenvalue weighted by molar-refractivity contribution is 5.42. The summed E-state index contributed by atoms with van der Waals surface area (Å²) in [6, 6.07) is 16.0. The molecule has 0 radical (unpaired) electrons. The number of aliphatic hydroxyl groups excluding tert-OH is 1. The van der Waals surface area contributed by atoms with Crippen LogP contribution in [0.5, 0.6) is 0 Å². The van der Waals surface area contributed by atoms with Gasteiger partial charge in [0.1, 0.15) is 11.6 Å². The number of halogens is 1. The first kappa shape index (κ1) is 15.2. The van der Waals surface area contributed by atoms with Gasteiger partial charge in [0.2, 0.25) is 0 Å². The predicted octanol–water partition coefficient (Wildman–Crippen LogP) is 3.42. The highest BCUT2D eigenvalue weighted by atomic mass is 19.1. The lowest BCUT2D eigenvalue weighted by atomic mass is 10.1. The molecule has 0 unspecified atom stereocenters.